The van der Waals surface area contributed by atoms with Crippen molar-refractivity contribution in [1.82, 2.24) is 19.7 Å². The van der Waals surface area contributed by atoms with Gasteiger partial charge >= 0.3 is 5.97 Å². The molecule has 0 aliphatic carbocycles. The molecule has 0 unspecified atom stereocenters. The summed E-state index contributed by atoms with van der Waals surface area (Å²) in [6, 6.07) is 0. The molecule has 7 nitrogen and oxygen atoms in total. The summed E-state index contributed by atoms with van der Waals surface area (Å²) in [7, 11) is 1.84. The summed E-state index contributed by atoms with van der Waals surface area (Å²) in [6.07, 6.45) is 6.28. The molecule has 0 aromatic carbocycles. The van der Waals surface area contributed by atoms with Crippen LogP contribution < -0.4 is 0 Å². The van der Waals surface area contributed by atoms with Gasteiger partial charge in [-0.05, 0) is 25.2 Å². The first-order chi connectivity index (χ1) is 11.5. The molecule has 128 valence electrons. The van der Waals surface area contributed by atoms with E-state index in [4.69, 9.17) is 5.11 Å². The lowest BCUT2D eigenvalue weighted by Crippen LogP contribution is -2.40. The predicted octanol–water partition coefficient (Wildman–Crippen LogP) is 2.26. The van der Waals surface area contributed by atoms with Crippen molar-refractivity contribution in [3.05, 3.63) is 23.5 Å². The lowest BCUT2D eigenvalue weighted by molar-refractivity contribution is -0.137. The van der Waals surface area contributed by atoms with Crippen LogP contribution in [0.3, 0.4) is 0 Å². The number of amides is 1. The van der Waals surface area contributed by atoms with Gasteiger partial charge in [0.2, 0.25) is 0 Å². The van der Waals surface area contributed by atoms with E-state index in [9.17, 15) is 9.59 Å². The topological polar surface area (TPSA) is 88.3 Å². The van der Waals surface area contributed by atoms with Gasteiger partial charge < -0.3 is 10.0 Å². The Balaban J connectivity index is 1.65. The lowest BCUT2D eigenvalue weighted by Gasteiger charge is -2.32. The van der Waals surface area contributed by atoms with Crippen molar-refractivity contribution in [3.8, 4) is 10.6 Å². The number of hydrogen-bond donors (Lipinski definition) is 1. The van der Waals surface area contributed by atoms with Crippen molar-refractivity contribution in [2.45, 2.75) is 25.7 Å². The van der Waals surface area contributed by atoms with Crippen LogP contribution in [0.1, 0.15) is 36.2 Å². The smallest absolute Gasteiger partial charge is 0.303 e. The average molecular weight is 348 g/mol. The SMILES string of the molecule is Cn1cc(-c2nc(C(=O)N3CCC[C@@H](CCC(=O)O)C3)cs2)cn1. The van der Waals surface area contributed by atoms with E-state index in [2.05, 4.69) is 10.1 Å². The second kappa shape index (κ2) is 7.12. The average Bonchev–Trinajstić information content (AvgIpc) is 3.21. The third-order valence-corrected chi connectivity index (χ3v) is 5.14. The van der Waals surface area contributed by atoms with Crippen LogP contribution in [-0.2, 0) is 11.8 Å². The molecular formula is C16H20N4O3S. The number of carboxylic acids is 1. The fourth-order valence-electron chi connectivity index (χ4n) is 3.01. The maximum atomic E-state index is 12.7. The zero-order valence-corrected chi connectivity index (χ0v) is 14.3. The number of carbonyl (C=O) groups is 2. The summed E-state index contributed by atoms with van der Waals surface area (Å²) >= 11 is 1.43. The van der Waals surface area contributed by atoms with Crippen LogP contribution >= 0.6 is 11.3 Å². The number of hydrogen-bond acceptors (Lipinski definition) is 5. The van der Waals surface area contributed by atoms with E-state index in [-0.39, 0.29) is 18.2 Å². The third-order valence-electron chi connectivity index (χ3n) is 4.25. The molecule has 1 aliphatic rings. The van der Waals surface area contributed by atoms with Gasteiger partial charge in [-0.1, -0.05) is 0 Å². The lowest BCUT2D eigenvalue weighted by atomic mass is 9.93. The largest absolute Gasteiger partial charge is 0.481 e. The monoisotopic (exact) mass is 348 g/mol. The minimum atomic E-state index is -0.779. The van der Waals surface area contributed by atoms with Gasteiger partial charge in [0.25, 0.3) is 5.91 Å². The molecule has 8 heteroatoms. The van der Waals surface area contributed by atoms with Gasteiger partial charge in [-0.3, -0.25) is 14.3 Å². The molecule has 24 heavy (non-hydrogen) atoms. The standard InChI is InChI=1S/C16H20N4O3S/c1-19-9-12(7-17-19)15-18-13(10-24-15)16(23)20-6-2-3-11(8-20)4-5-14(21)22/h7,9-11H,2-6,8H2,1H3,(H,21,22)/t11-/m0/s1. The zero-order valence-electron chi connectivity index (χ0n) is 13.5. The molecule has 2 aromatic heterocycles. The van der Waals surface area contributed by atoms with Crippen molar-refractivity contribution in [2.24, 2.45) is 13.0 Å². The predicted molar refractivity (Wildman–Crippen MR) is 89.8 cm³/mol. The number of carboxylic acid groups (broad SMARTS) is 1. The Morgan fingerprint density at radius 2 is 2.29 bits per heavy atom. The molecule has 1 atom stereocenters. The molecule has 1 aliphatic heterocycles. The molecule has 0 bridgehead atoms. The summed E-state index contributed by atoms with van der Waals surface area (Å²) in [4.78, 5) is 29.6. The molecular weight excluding hydrogens is 328 g/mol. The third kappa shape index (κ3) is 3.81. The maximum absolute atomic E-state index is 12.7. The van der Waals surface area contributed by atoms with Crippen molar-refractivity contribution in [3.63, 3.8) is 0 Å². The number of thiazole rings is 1. The minimum absolute atomic E-state index is 0.0681. The van der Waals surface area contributed by atoms with Crippen molar-refractivity contribution in [2.75, 3.05) is 13.1 Å². The number of aliphatic carboxylic acids is 1. The first-order valence-corrected chi connectivity index (χ1v) is 8.86. The highest BCUT2D eigenvalue weighted by atomic mass is 32.1. The molecule has 1 N–H and O–H groups in total. The van der Waals surface area contributed by atoms with Crippen molar-refractivity contribution in [1.29, 1.82) is 0 Å². The van der Waals surface area contributed by atoms with Gasteiger partial charge in [0.1, 0.15) is 10.7 Å². The number of aromatic nitrogens is 3. The Morgan fingerprint density at radius 3 is 3.00 bits per heavy atom. The number of nitrogens with zero attached hydrogens (tertiary/aromatic N) is 4. The molecule has 3 rings (SSSR count). The van der Waals surface area contributed by atoms with Crippen molar-refractivity contribution < 1.29 is 14.7 Å². The Bertz CT molecular complexity index is 739. The van der Waals surface area contributed by atoms with Gasteiger partial charge in [-0.15, -0.1) is 11.3 Å². The Morgan fingerprint density at radius 1 is 1.46 bits per heavy atom. The second-order valence-corrected chi connectivity index (χ2v) is 6.99. The highest BCUT2D eigenvalue weighted by molar-refractivity contribution is 7.13. The van der Waals surface area contributed by atoms with Crippen LogP contribution in [0.15, 0.2) is 17.8 Å². The number of likely N-dealkylation sites (tertiary alicyclic amines) is 1. The molecule has 1 saturated heterocycles. The first-order valence-electron chi connectivity index (χ1n) is 7.98. The van der Waals surface area contributed by atoms with Crippen LogP contribution in [0.5, 0.6) is 0 Å². The van der Waals surface area contributed by atoms with E-state index >= 15 is 0 Å². The Kier molecular flexibility index (Phi) is 4.94. The molecule has 1 fully saturated rings. The summed E-state index contributed by atoms with van der Waals surface area (Å²) in [5.74, 6) is -0.587. The van der Waals surface area contributed by atoms with Crippen molar-refractivity contribution >= 4 is 23.2 Å². The summed E-state index contributed by atoms with van der Waals surface area (Å²) in [5.41, 5.74) is 1.36. The van der Waals surface area contributed by atoms with Crippen LogP contribution in [0.4, 0.5) is 0 Å². The summed E-state index contributed by atoms with van der Waals surface area (Å²) in [6.45, 7) is 1.33. The molecule has 0 spiro atoms. The highest BCUT2D eigenvalue weighted by Crippen LogP contribution is 2.26. The van der Waals surface area contributed by atoms with Crippen LogP contribution in [0.2, 0.25) is 0 Å². The molecule has 0 radical (unpaired) electrons. The fraction of sp³-hybridized carbons (Fsp3) is 0.500. The van der Waals surface area contributed by atoms with E-state index in [0.29, 0.717) is 25.2 Å². The molecule has 3 heterocycles. The number of piperidine rings is 1. The van der Waals surface area contributed by atoms with Crippen LogP contribution in [0, 0.1) is 5.92 Å². The van der Waals surface area contributed by atoms with E-state index in [1.54, 1.807) is 21.2 Å². The van der Waals surface area contributed by atoms with Gasteiger partial charge in [-0.2, -0.15) is 5.10 Å². The van der Waals surface area contributed by atoms with E-state index in [1.807, 2.05) is 13.2 Å². The fourth-order valence-corrected chi connectivity index (χ4v) is 3.78. The van der Waals surface area contributed by atoms with Crippen LogP contribution in [-0.4, -0.2) is 49.7 Å². The van der Waals surface area contributed by atoms with Gasteiger partial charge in [0, 0.05) is 43.7 Å². The molecule has 0 saturated carbocycles. The van der Waals surface area contributed by atoms with E-state index < -0.39 is 5.97 Å². The Labute approximate surface area is 143 Å². The number of carbonyl (C=O) groups excluding carboxylic acids is 1. The second-order valence-electron chi connectivity index (χ2n) is 6.13. The minimum Gasteiger partial charge on any atom is -0.481 e. The first kappa shape index (κ1) is 16.6. The molecule has 2 aromatic rings. The maximum Gasteiger partial charge on any atom is 0.303 e. The van der Waals surface area contributed by atoms with E-state index in [1.165, 1.54) is 11.3 Å². The normalized spacial score (nSPS) is 17.9. The van der Waals surface area contributed by atoms with E-state index in [0.717, 1.165) is 23.4 Å². The van der Waals surface area contributed by atoms with Gasteiger partial charge in [-0.25, -0.2) is 4.98 Å². The molecule has 1 amide bonds. The highest BCUT2D eigenvalue weighted by Gasteiger charge is 2.26. The summed E-state index contributed by atoms with van der Waals surface area (Å²) < 4.78 is 1.70. The number of rotatable bonds is 5. The Hall–Kier alpha value is -2.22. The quantitative estimate of drug-likeness (QED) is 0.895. The number of aryl methyl sites for hydroxylation is 1. The van der Waals surface area contributed by atoms with Crippen LogP contribution in [0.25, 0.3) is 10.6 Å². The summed E-state index contributed by atoms with van der Waals surface area (Å²) in [5, 5.41) is 15.5. The van der Waals surface area contributed by atoms with Gasteiger partial charge in [0.05, 0.1) is 6.20 Å². The van der Waals surface area contributed by atoms with Gasteiger partial charge in [0.15, 0.2) is 0 Å². The zero-order chi connectivity index (χ0) is 17.1.